The molecule has 7 heteroatoms. The maximum Gasteiger partial charge on any atom is 0.229 e. The predicted molar refractivity (Wildman–Crippen MR) is 118 cm³/mol. The van der Waals surface area contributed by atoms with Crippen LogP contribution in [0, 0.1) is 0 Å². The van der Waals surface area contributed by atoms with Gasteiger partial charge in [-0.2, -0.15) is 9.97 Å². The van der Waals surface area contributed by atoms with Crippen molar-refractivity contribution in [1.82, 2.24) is 15.0 Å². The summed E-state index contributed by atoms with van der Waals surface area (Å²) < 4.78 is 11.4. The van der Waals surface area contributed by atoms with Gasteiger partial charge in [-0.25, -0.2) is 4.98 Å². The second kappa shape index (κ2) is 8.16. The van der Waals surface area contributed by atoms with Crippen molar-refractivity contribution in [3.8, 4) is 11.3 Å². The standard InChI is InChI=1S/C23H27N5O2/c1-16-15-29-12-11-28(16)22-19-8-9-20(18-6-4-3-5-7-18)24-21(19)25-23(26-22)27-10-13-30-17(2)14-27/h3-9,16-17H,10-15H2,1-2H3/t16-,17-/m0/s1. The molecule has 0 spiro atoms. The van der Waals surface area contributed by atoms with Crippen LogP contribution < -0.4 is 9.80 Å². The Morgan fingerprint density at radius 2 is 1.80 bits per heavy atom. The molecule has 2 aromatic heterocycles. The number of rotatable bonds is 3. The molecule has 2 saturated heterocycles. The van der Waals surface area contributed by atoms with Gasteiger partial charge in [-0.1, -0.05) is 30.3 Å². The summed E-state index contributed by atoms with van der Waals surface area (Å²) in [7, 11) is 0. The summed E-state index contributed by atoms with van der Waals surface area (Å²) in [6, 6.07) is 14.6. The van der Waals surface area contributed by atoms with E-state index in [2.05, 4.69) is 47.9 Å². The molecule has 3 aromatic rings. The van der Waals surface area contributed by atoms with Crippen molar-refractivity contribution in [2.75, 3.05) is 49.3 Å². The van der Waals surface area contributed by atoms with Gasteiger partial charge >= 0.3 is 0 Å². The highest BCUT2D eigenvalue weighted by Gasteiger charge is 2.26. The molecule has 0 aliphatic carbocycles. The van der Waals surface area contributed by atoms with Crippen molar-refractivity contribution in [1.29, 1.82) is 0 Å². The number of aromatic nitrogens is 3. The summed E-state index contributed by atoms with van der Waals surface area (Å²) in [6.07, 6.45) is 0.160. The van der Waals surface area contributed by atoms with Gasteiger partial charge in [-0.15, -0.1) is 0 Å². The molecule has 0 bridgehead atoms. The normalized spacial score (nSPS) is 22.5. The van der Waals surface area contributed by atoms with Crippen LogP contribution in [0.15, 0.2) is 42.5 Å². The minimum absolute atomic E-state index is 0.160. The lowest BCUT2D eigenvalue weighted by Gasteiger charge is -2.36. The lowest BCUT2D eigenvalue weighted by Crippen LogP contribution is -2.45. The molecule has 0 unspecified atom stereocenters. The van der Waals surface area contributed by atoms with E-state index in [1.165, 1.54) is 0 Å². The molecule has 156 valence electrons. The second-order valence-corrected chi connectivity index (χ2v) is 8.03. The van der Waals surface area contributed by atoms with Gasteiger partial charge in [0.05, 0.1) is 43.0 Å². The minimum Gasteiger partial charge on any atom is -0.377 e. The van der Waals surface area contributed by atoms with Gasteiger partial charge in [0.25, 0.3) is 0 Å². The SMILES string of the molecule is C[C@H]1CN(c2nc(N3CCOC[C@@H]3C)c3ccc(-c4ccccc4)nc3n2)CCO1. The Morgan fingerprint density at radius 1 is 0.933 bits per heavy atom. The summed E-state index contributed by atoms with van der Waals surface area (Å²) >= 11 is 0. The molecular formula is C23H27N5O2. The van der Waals surface area contributed by atoms with Crippen molar-refractivity contribution in [2.45, 2.75) is 26.0 Å². The number of morpholine rings is 2. The monoisotopic (exact) mass is 405 g/mol. The van der Waals surface area contributed by atoms with Gasteiger partial charge in [0.1, 0.15) is 5.82 Å². The van der Waals surface area contributed by atoms with Gasteiger partial charge in [0.15, 0.2) is 5.65 Å². The Labute approximate surface area is 176 Å². The lowest BCUT2D eigenvalue weighted by atomic mass is 10.1. The van der Waals surface area contributed by atoms with E-state index in [0.717, 1.165) is 53.7 Å². The maximum atomic E-state index is 5.72. The number of hydrogen-bond acceptors (Lipinski definition) is 7. The third kappa shape index (κ3) is 3.70. The fourth-order valence-electron chi connectivity index (χ4n) is 4.15. The molecule has 2 atom stereocenters. The number of fused-ring (bicyclic) bond motifs is 1. The first-order valence-electron chi connectivity index (χ1n) is 10.6. The fraction of sp³-hybridized carbons (Fsp3) is 0.435. The van der Waals surface area contributed by atoms with E-state index in [0.29, 0.717) is 19.8 Å². The first kappa shape index (κ1) is 19.2. The Kier molecular flexibility index (Phi) is 5.23. The van der Waals surface area contributed by atoms with Crippen molar-refractivity contribution in [2.24, 2.45) is 0 Å². The topological polar surface area (TPSA) is 63.6 Å². The molecule has 2 aliphatic heterocycles. The third-order valence-electron chi connectivity index (χ3n) is 5.76. The average molecular weight is 406 g/mol. The lowest BCUT2D eigenvalue weighted by molar-refractivity contribution is 0.0526. The molecule has 0 amide bonds. The quantitative estimate of drug-likeness (QED) is 0.663. The first-order valence-corrected chi connectivity index (χ1v) is 10.6. The van der Waals surface area contributed by atoms with Gasteiger partial charge in [-0.3, -0.25) is 0 Å². The van der Waals surface area contributed by atoms with Crippen LogP contribution in [0.1, 0.15) is 13.8 Å². The number of nitrogens with zero attached hydrogens (tertiary/aromatic N) is 5. The largest absolute Gasteiger partial charge is 0.377 e. The van der Waals surface area contributed by atoms with Crippen LogP contribution >= 0.6 is 0 Å². The van der Waals surface area contributed by atoms with E-state index < -0.39 is 0 Å². The predicted octanol–water partition coefficient (Wildman–Crippen LogP) is 3.14. The summed E-state index contributed by atoms with van der Waals surface area (Å²) in [5.74, 6) is 1.67. The summed E-state index contributed by atoms with van der Waals surface area (Å²) in [6.45, 7) is 8.73. The zero-order valence-corrected chi connectivity index (χ0v) is 17.5. The molecule has 0 N–H and O–H groups in total. The second-order valence-electron chi connectivity index (χ2n) is 8.03. The van der Waals surface area contributed by atoms with Gasteiger partial charge in [-0.05, 0) is 26.0 Å². The van der Waals surface area contributed by atoms with E-state index in [4.69, 9.17) is 24.4 Å². The molecule has 0 radical (unpaired) electrons. The van der Waals surface area contributed by atoms with E-state index in [9.17, 15) is 0 Å². The summed E-state index contributed by atoms with van der Waals surface area (Å²) in [5.41, 5.74) is 2.74. The molecule has 5 rings (SSSR count). The van der Waals surface area contributed by atoms with Crippen LogP contribution in [0.3, 0.4) is 0 Å². The van der Waals surface area contributed by atoms with Crippen molar-refractivity contribution in [3.05, 3.63) is 42.5 Å². The highest BCUT2D eigenvalue weighted by Crippen LogP contribution is 2.30. The maximum absolute atomic E-state index is 5.72. The number of pyridine rings is 1. The third-order valence-corrected chi connectivity index (χ3v) is 5.76. The molecular weight excluding hydrogens is 378 g/mol. The molecule has 7 nitrogen and oxygen atoms in total. The number of anilines is 2. The van der Waals surface area contributed by atoms with E-state index in [-0.39, 0.29) is 12.1 Å². The van der Waals surface area contributed by atoms with Crippen LogP contribution in [-0.4, -0.2) is 66.6 Å². The molecule has 0 saturated carbocycles. The fourth-order valence-corrected chi connectivity index (χ4v) is 4.15. The van der Waals surface area contributed by atoms with Gasteiger partial charge < -0.3 is 19.3 Å². The van der Waals surface area contributed by atoms with E-state index >= 15 is 0 Å². The average Bonchev–Trinajstić information content (AvgIpc) is 2.79. The van der Waals surface area contributed by atoms with Crippen LogP contribution in [0.4, 0.5) is 11.8 Å². The zero-order chi connectivity index (χ0) is 20.5. The van der Waals surface area contributed by atoms with E-state index in [1.54, 1.807) is 0 Å². The van der Waals surface area contributed by atoms with Gasteiger partial charge in [0.2, 0.25) is 5.95 Å². The van der Waals surface area contributed by atoms with Crippen LogP contribution in [-0.2, 0) is 9.47 Å². The molecule has 1 aromatic carbocycles. The minimum atomic E-state index is 0.160. The Bertz CT molecular complexity index is 1030. The smallest absolute Gasteiger partial charge is 0.229 e. The van der Waals surface area contributed by atoms with Crippen molar-refractivity contribution in [3.63, 3.8) is 0 Å². The van der Waals surface area contributed by atoms with Gasteiger partial charge in [0, 0.05) is 25.2 Å². The first-order chi connectivity index (χ1) is 14.7. The molecule has 4 heterocycles. The number of benzene rings is 1. The molecule has 2 aliphatic rings. The number of hydrogen-bond donors (Lipinski definition) is 0. The Balaban J connectivity index is 1.64. The Morgan fingerprint density at radius 3 is 2.60 bits per heavy atom. The van der Waals surface area contributed by atoms with E-state index in [1.807, 2.05) is 18.2 Å². The van der Waals surface area contributed by atoms with Crippen molar-refractivity contribution < 1.29 is 9.47 Å². The van der Waals surface area contributed by atoms with Crippen LogP contribution in [0.2, 0.25) is 0 Å². The summed E-state index contributed by atoms with van der Waals surface area (Å²) in [5, 5.41) is 0.980. The molecule has 30 heavy (non-hydrogen) atoms. The highest BCUT2D eigenvalue weighted by atomic mass is 16.5. The Hall–Kier alpha value is -2.77. The summed E-state index contributed by atoms with van der Waals surface area (Å²) in [4.78, 5) is 19.4. The number of ether oxygens (including phenoxy) is 2. The van der Waals surface area contributed by atoms with Crippen molar-refractivity contribution >= 4 is 22.8 Å². The van der Waals surface area contributed by atoms with Crippen LogP contribution in [0.5, 0.6) is 0 Å². The zero-order valence-electron chi connectivity index (χ0n) is 17.5. The van der Waals surface area contributed by atoms with Crippen LogP contribution in [0.25, 0.3) is 22.3 Å². The molecule has 2 fully saturated rings. The highest BCUT2D eigenvalue weighted by molar-refractivity contribution is 5.90.